The molecule has 1 aromatic carbocycles. The van der Waals surface area contributed by atoms with Gasteiger partial charge in [-0.1, -0.05) is 6.08 Å². The van der Waals surface area contributed by atoms with Crippen LogP contribution in [-0.4, -0.2) is 38.1 Å². The lowest BCUT2D eigenvalue weighted by atomic mass is 10.3. The largest absolute Gasteiger partial charge is 0.501 e. The van der Waals surface area contributed by atoms with Gasteiger partial charge in [0, 0.05) is 12.2 Å². The van der Waals surface area contributed by atoms with E-state index in [2.05, 4.69) is 6.58 Å². The van der Waals surface area contributed by atoms with E-state index in [0.29, 0.717) is 0 Å². The molecular formula is C12H12F3NO4S. The summed E-state index contributed by atoms with van der Waals surface area (Å²) in [4.78, 5) is 11.1. The SMILES string of the molecule is C=CCN(CC(=O)O)c1ccc(S(=O)(=O)C(F)(F)F)cc1. The maximum atomic E-state index is 12.4. The number of carboxylic acids is 1. The van der Waals surface area contributed by atoms with Crippen molar-refractivity contribution in [3.63, 3.8) is 0 Å². The van der Waals surface area contributed by atoms with E-state index in [4.69, 9.17) is 5.11 Å². The smallest absolute Gasteiger partial charge is 0.480 e. The molecule has 0 saturated carbocycles. The van der Waals surface area contributed by atoms with Crippen molar-refractivity contribution in [2.75, 3.05) is 18.0 Å². The maximum Gasteiger partial charge on any atom is 0.501 e. The van der Waals surface area contributed by atoms with Crippen molar-refractivity contribution < 1.29 is 31.5 Å². The van der Waals surface area contributed by atoms with Gasteiger partial charge >= 0.3 is 11.5 Å². The van der Waals surface area contributed by atoms with E-state index in [1.165, 1.54) is 11.0 Å². The Labute approximate surface area is 119 Å². The zero-order valence-corrected chi connectivity index (χ0v) is 11.5. The molecule has 1 rings (SSSR count). The first-order chi connectivity index (χ1) is 9.59. The molecule has 0 fully saturated rings. The highest BCUT2D eigenvalue weighted by Gasteiger charge is 2.46. The molecule has 116 valence electrons. The van der Waals surface area contributed by atoms with Gasteiger partial charge in [-0.2, -0.15) is 13.2 Å². The maximum absolute atomic E-state index is 12.4. The second kappa shape index (κ2) is 6.17. The first-order valence-corrected chi connectivity index (χ1v) is 7.07. The van der Waals surface area contributed by atoms with Crippen LogP contribution >= 0.6 is 0 Å². The van der Waals surface area contributed by atoms with E-state index in [-0.39, 0.29) is 12.2 Å². The summed E-state index contributed by atoms with van der Waals surface area (Å²) in [6, 6.07) is 3.81. The number of hydrogen-bond acceptors (Lipinski definition) is 4. The molecule has 1 N–H and O–H groups in total. The molecule has 5 nitrogen and oxygen atoms in total. The topological polar surface area (TPSA) is 74.7 Å². The highest BCUT2D eigenvalue weighted by atomic mass is 32.2. The third-order valence-corrected chi connectivity index (χ3v) is 3.99. The third-order valence-electron chi connectivity index (χ3n) is 2.49. The summed E-state index contributed by atoms with van der Waals surface area (Å²) in [6.07, 6.45) is 1.42. The number of halogens is 3. The number of carboxylic acid groups (broad SMARTS) is 1. The fraction of sp³-hybridized carbons (Fsp3) is 0.250. The van der Waals surface area contributed by atoms with Crippen LogP contribution in [0.25, 0.3) is 0 Å². The molecule has 0 atom stereocenters. The summed E-state index contributed by atoms with van der Waals surface area (Å²) in [5, 5.41) is 8.74. The van der Waals surface area contributed by atoms with Crippen LogP contribution in [-0.2, 0) is 14.6 Å². The summed E-state index contributed by atoms with van der Waals surface area (Å²) in [6.45, 7) is 3.20. The Hall–Kier alpha value is -2.03. The summed E-state index contributed by atoms with van der Waals surface area (Å²) in [7, 11) is -5.41. The predicted octanol–water partition coefficient (Wildman–Crippen LogP) is 2.06. The molecule has 0 radical (unpaired) electrons. The fourth-order valence-corrected chi connectivity index (χ4v) is 2.31. The van der Waals surface area contributed by atoms with Gasteiger partial charge in [0.25, 0.3) is 9.84 Å². The van der Waals surface area contributed by atoms with Crippen LogP contribution in [0.5, 0.6) is 0 Å². The average Bonchev–Trinajstić information content (AvgIpc) is 2.36. The van der Waals surface area contributed by atoms with Gasteiger partial charge in [0.1, 0.15) is 6.54 Å². The number of alkyl halides is 3. The van der Waals surface area contributed by atoms with Crippen molar-refractivity contribution in [2.24, 2.45) is 0 Å². The number of sulfone groups is 1. The van der Waals surface area contributed by atoms with E-state index in [0.717, 1.165) is 24.3 Å². The molecular weight excluding hydrogens is 311 g/mol. The van der Waals surface area contributed by atoms with Crippen LogP contribution in [0.1, 0.15) is 0 Å². The van der Waals surface area contributed by atoms with E-state index < -0.39 is 32.8 Å². The Balaban J connectivity index is 3.11. The average molecular weight is 323 g/mol. The zero-order valence-electron chi connectivity index (χ0n) is 10.7. The van der Waals surface area contributed by atoms with Crippen molar-refractivity contribution >= 4 is 21.5 Å². The van der Waals surface area contributed by atoms with Gasteiger partial charge in [0.2, 0.25) is 0 Å². The molecule has 0 heterocycles. The Bertz CT molecular complexity index is 623. The van der Waals surface area contributed by atoms with E-state index >= 15 is 0 Å². The minimum Gasteiger partial charge on any atom is -0.480 e. The second-order valence-electron chi connectivity index (χ2n) is 4.01. The molecule has 0 aromatic heterocycles. The molecule has 9 heteroatoms. The molecule has 0 aliphatic rings. The van der Waals surface area contributed by atoms with Crippen molar-refractivity contribution in [1.29, 1.82) is 0 Å². The normalized spacial score (nSPS) is 12.0. The van der Waals surface area contributed by atoms with E-state index in [1.54, 1.807) is 0 Å². The van der Waals surface area contributed by atoms with Gasteiger partial charge in [-0.15, -0.1) is 6.58 Å². The van der Waals surface area contributed by atoms with Crippen LogP contribution in [0.15, 0.2) is 41.8 Å². The van der Waals surface area contributed by atoms with E-state index in [1.807, 2.05) is 0 Å². The van der Waals surface area contributed by atoms with Crippen LogP contribution < -0.4 is 4.90 Å². The molecule has 1 aromatic rings. The monoisotopic (exact) mass is 323 g/mol. The Morgan fingerprint density at radius 2 is 1.81 bits per heavy atom. The van der Waals surface area contributed by atoms with Gasteiger partial charge in [-0.05, 0) is 24.3 Å². The molecule has 0 unspecified atom stereocenters. The Kier molecular flexibility index (Phi) is 5.00. The van der Waals surface area contributed by atoms with E-state index in [9.17, 15) is 26.4 Å². The van der Waals surface area contributed by atoms with Crippen LogP contribution in [0, 0.1) is 0 Å². The number of carbonyl (C=O) groups is 1. The lowest BCUT2D eigenvalue weighted by molar-refractivity contribution is -0.135. The lowest BCUT2D eigenvalue weighted by Crippen LogP contribution is -2.29. The van der Waals surface area contributed by atoms with Gasteiger partial charge in [-0.25, -0.2) is 8.42 Å². The van der Waals surface area contributed by atoms with Crippen molar-refractivity contribution in [2.45, 2.75) is 10.4 Å². The summed E-state index contributed by atoms with van der Waals surface area (Å²) in [5.41, 5.74) is -5.10. The number of rotatable bonds is 6. The first kappa shape index (κ1) is 17.0. The highest BCUT2D eigenvalue weighted by Crippen LogP contribution is 2.31. The minimum absolute atomic E-state index is 0.150. The predicted molar refractivity (Wildman–Crippen MR) is 69.7 cm³/mol. The van der Waals surface area contributed by atoms with Gasteiger partial charge < -0.3 is 10.0 Å². The first-order valence-electron chi connectivity index (χ1n) is 5.58. The fourth-order valence-electron chi connectivity index (χ4n) is 1.55. The molecule has 21 heavy (non-hydrogen) atoms. The van der Waals surface area contributed by atoms with Crippen molar-refractivity contribution in [1.82, 2.24) is 0 Å². The lowest BCUT2D eigenvalue weighted by Gasteiger charge is -2.21. The minimum atomic E-state index is -5.41. The van der Waals surface area contributed by atoms with Crippen molar-refractivity contribution in [3.05, 3.63) is 36.9 Å². The summed E-state index contributed by atoms with van der Waals surface area (Å²) >= 11 is 0. The molecule has 0 amide bonds. The number of aliphatic carboxylic acids is 1. The van der Waals surface area contributed by atoms with Gasteiger partial charge in [0.05, 0.1) is 4.90 Å². The molecule has 0 spiro atoms. The van der Waals surface area contributed by atoms with Crippen LogP contribution in [0.4, 0.5) is 18.9 Å². The number of benzene rings is 1. The number of anilines is 1. The third kappa shape index (κ3) is 3.97. The summed E-state index contributed by atoms with van der Waals surface area (Å²) in [5.74, 6) is -1.14. The molecule has 0 saturated heterocycles. The standard InChI is InChI=1S/C12H12F3NO4S/c1-2-7-16(8-11(17)18)9-3-5-10(6-4-9)21(19,20)12(13,14)15/h2-6H,1,7-8H2,(H,17,18). The quantitative estimate of drug-likeness (QED) is 0.811. The highest BCUT2D eigenvalue weighted by molar-refractivity contribution is 7.92. The number of hydrogen-bond donors (Lipinski definition) is 1. The Morgan fingerprint density at radius 3 is 2.19 bits per heavy atom. The summed E-state index contributed by atoms with van der Waals surface area (Å²) < 4.78 is 59.5. The van der Waals surface area contributed by atoms with Crippen LogP contribution in [0.2, 0.25) is 0 Å². The van der Waals surface area contributed by atoms with Gasteiger partial charge in [0.15, 0.2) is 0 Å². The Morgan fingerprint density at radius 1 is 1.29 bits per heavy atom. The molecule has 0 aliphatic heterocycles. The second-order valence-corrected chi connectivity index (χ2v) is 5.95. The zero-order chi connectivity index (χ0) is 16.3. The molecule has 0 aliphatic carbocycles. The number of nitrogens with zero attached hydrogens (tertiary/aromatic N) is 1. The van der Waals surface area contributed by atoms with Gasteiger partial charge in [-0.3, -0.25) is 4.79 Å². The molecule has 0 bridgehead atoms. The van der Waals surface area contributed by atoms with Crippen molar-refractivity contribution in [3.8, 4) is 0 Å². The van der Waals surface area contributed by atoms with Crippen LogP contribution in [0.3, 0.4) is 0 Å².